The third-order valence-electron chi connectivity index (χ3n) is 8.17. The fourth-order valence-electron chi connectivity index (χ4n) is 5.15. The van der Waals surface area contributed by atoms with Gasteiger partial charge in [0.15, 0.2) is 5.78 Å². The van der Waals surface area contributed by atoms with E-state index in [2.05, 4.69) is 20.4 Å². The Bertz CT molecular complexity index is 657. The number of carbonyl (C=O) groups is 1. The van der Waals surface area contributed by atoms with Gasteiger partial charge in [0.1, 0.15) is 11.7 Å². The molecule has 9 atom stereocenters. The Morgan fingerprint density at radius 2 is 1.94 bits per heavy atom. The zero-order valence-electron chi connectivity index (χ0n) is 21.4. The van der Waals surface area contributed by atoms with E-state index in [0.717, 1.165) is 12.0 Å². The predicted octanol–water partition coefficient (Wildman–Crippen LogP) is 4.06. The van der Waals surface area contributed by atoms with Crippen LogP contribution in [0.1, 0.15) is 80.6 Å². The summed E-state index contributed by atoms with van der Waals surface area (Å²) < 4.78 is 18.1. The van der Waals surface area contributed by atoms with Crippen LogP contribution in [0.4, 0.5) is 0 Å². The van der Waals surface area contributed by atoms with Gasteiger partial charge < -0.3 is 24.4 Å². The van der Waals surface area contributed by atoms with Crippen molar-refractivity contribution in [2.75, 3.05) is 7.11 Å². The van der Waals surface area contributed by atoms with Gasteiger partial charge in [0, 0.05) is 44.1 Å². The molecule has 0 amide bonds. The number of hydrogen-bond acceptors (Lipinski definition) is 6. The first-order valence-electron chi connectivity index (χ1n) is 12.2. The molecule has 2 saturated heterocycles. The summed E-state index contributed by atoms with van der Waals surface area (Å²) in [6.45, 7) is 18.0. The van der Waals surface area contributed by atoms with Crippen LogP contribution in [-0.4, -0.2) is 65.3 Å². The Labute approximate surface area is 194 Å². The Balaban J connectivity index is 2.06. The van der Waals surface area contributed by atoms with Gasteiger partial charge in [0.05, 0.1) is 30.5 Å². The molecule has 2 rings (SSSR count). The molecule has 6 heteroatoms. The van der Waals surface area contributed by atoms with Gasteiger partial charge in [-0.25, -0.2) is 0 Å². The van der Waals surface area contributed by atoms with E-state index in [0.29, 0.717) is 19.3 Å². The molecule has 2 heterocycles. The number of rotatable bonds is 9. The number of methoxy groups -OCH3 is 1. The molecule has 6 nitrogen and oxygen atoms in total. The average molecular weight is 455 g/mol. The first kappa shape index (κ1) is 27.5. The van der Waals surface area contributed by atoms with Crippen LogP contribution >= 0.6 is 0 Å². The highest BCUT2D eigenvalue weighted by Crippen LogP contribution is 2.42. The fourth-order valence-corrected chi connectivity index (χ4v) is 5.15. The zero-order chi connectivity index (χ0) is 24.4. The van der Waals surface area contributed by atoms with Crippen LogP contribution in [-0.2, 0) is 19.0 Å². The lowest BCUT2D eigenvalue weighted by Gasteiger charge is -2.48. The van der Waals surface area contributed by atoms with Crippen LogP contribution in [0.5, 0.6) is 0 Å². The molecular weight excluding hydrogens is 408 g/mol. The van der Waals surface area contributed by atoms with E-state index in [4.69, 9.17) is 14.2 Å². The minimum absolute atomic E-state index is 0.0601. The predicted molar refractivity (Wildman–Crippen MR) is 125 cm³/mol. The van der Waals surface area contributed by atoms with Gasteiger partial charge in [-0.3, -0.25) is 4.79 Å². The van der Waals surface area contributed by atoms with Crippen LogP contribution < -0.4 is 0 Å². The number of ketones is 1. The quantitative estimate of drug-likeness (QED) is 0.511. The topological polar surface area (TPSA) is 85.2 Å². The average Bonchev–Trinajstić information content (AvgIpc) is 2.72. The van der Waals surface area contributed by atoms with Crippen molar-refractivity contribution in [3.8, 4) is 0 Å². The molecule has 0 spiro atoms. The van der Waals surface area contributed by atoms with Gasteiger partial charge in [-0.15, -0.1) is 0 Å². The highest BCUT2D eigenvalue weighted by molar-refractivity contribution is 5.84. The molecule has 0 saturated carbocycles. The number of ether oxygens (including phenoxy) is 3. The van der Waals surface area contributed by atoms with Gasteiger partial charge in [-0.05, 0) is 26.2 Å². The Kier molecular flexibility index (Phi) is 9.13. The van der Waals surface area contributed by atoms with Crippen molar-refractivity contribution in [1.29, 1.82) is 0 Å². The number of carbonyl (C=O) groups excluding carboxylic acids is 1. The van der Waals surface area contributed by atoms with Crippen molar-refractivity contribution in [2.24, 2.45) is 17.3 Å². The van der Waals surface area contributed by atoms with Gasteiger partial charge in [-0.2, -0.15) is 0 Å². The van der Waals surface area contributed by atoms with E-state index in [9.17, 15) is 15.0 Å². The molecule has 2 aliphatic rings. The van der Waals surface area contributed by atoms with Crippen molar-refractivity contribution >= 4 is 5.78 Å². The van der Waals surface area contributed by atoms with Gasteiger partial charge in [-0.1, -0.05) is 46.8 Å². The van der Waals surface area contributed by atoms with Crippen molar-refractivity contribution in [3.05, 3.63) is 12.2 Å². The number of aliphatic hydroxyl groups is 2. The lowest BCUT2D eigenvalue weighted by Crippen LogP contribution is -2.54. The van der Waals surface area contributed by atoms with Crippen molar-refractivity contribution < 1.29 is 29.2 Å². The lowest BCUT2D eigenvalue weighted by atomic mass is 9.72. The number of Topliss-reactive ketones (excluding diaryl/α,β-unsaturated/α-hetero) is 1. The summed E-state index contributed by atoms with van der Waals surface area (Å²) in [5, 5.41) is 21.8. The Morgan fingerprint density at radius 1 is 1.31 bits per heavy atom. The molecule has 186 valence electrons. The van der Waals surface area contributed by atoms with Crippen LogP contribution in [0.2, 0.25) is 0 Å². The molecule has 0 aliphatic carbocycles. The smallest absolute Gasteiger partial charge is 0.164 e. The Morgan fingerprint density at radius 3 is 2.47 bits per heavy atom. The summed E-state index contributed by atoms with van der Waals surface area (Å²) >= 11 is 0. The van der Waals surface area contributed by atoms with Crippen LogP contribution in [0.3, 0.4) is 0 Å². The fraction of sp³-hybridized carbons (Fsp3) is 0.885. The number of hydrogen-bond donors (Lipinski definition) is 2. The molecule has 2 aliphatic heterocycles. The third kappa shape index (κ3) is 5.82. The molecule has 2 fully saturated rings. The molecule has 0 aromatic rings. The largest absolute Gasteiger partial charge is 0.392 e. The van der Waals surface area contributed by atoms with Crippen molar-refractivity contribution in [3.63, 3.8) is 0 Å². The second kappa shape index (κ2) is 10.6. The summed E-state index contributed by atoms with van der Waals surface area (Å²) in [7, 11) is 1.70. The molecule has 0 radical (unpaired) electrons. The minimum Gasteiger partial charge on any atom is -0.392 e. The summed E-state index contributed by atoms with van der Waals surface area (Å²) in [6, 6.07) is 0. The zero-order valence-corrected chi connectivity index (χ0v) is 21.4. The van der Waals surface area contributed by atoms with E-state index < -0.39 is 23.2 Å². The number of aliphatic hydroxyl groups excluding tert-OH is 2. The summed E-state index contributed by atoms with van der Waals surface area (Å²) in [4.78, 5) is 13.1. The van der Waals surface area contributed by atoms with Crippen LogP contribution in [0, 0.1) is 17.3 Å². The molecule has 9 unspecified atom stereocenters. The first-order valence-corrected chi connectivity index (χ1v) is 12.2. The van der Waals surface area contributed by atoms with E-state index in [1.165, 1.54) is 0 Å². The SMILES string of the molecule is C=C1CC(C)(C(O)C(=O)CC(C)C2CC(O)C(C)(C)C(CC(CC)OC)O2)OC(C)C1C. The molecule has 0 bridgehead atoms. The van der Waals surface area contributed by atoms with Crippen molar-refractivity contribution in [2.45, 2.75) is 123 Å². The van der Waals surface area contributed by atoms with E-state index in [-0.39, 0.29) is 48.5 Å². The van der Waals surface area contributed by atoms with E-state index in [1.807, 2.05) is 27.7 Å². The van der Waals surface area contributed by atoms with Crippen LogP contribution in [0.25, 0.3) is 0 Å². The third-order valence-corrected chi connectivity index (χ3v) is 8.17. The maximum absolute atomic E-state index is 13.1. The second-order valence-electron chi connectivity index (χ2n) is 11.0. The van der Waals surface area contributed by atoms with Gasteiger partial charge >= 0.3 is 0 Å². The standard InChI is InChI=1S/C26H46O6/c1-10-19(30-9)12-23-25(6,7)22(28)13-21(31-23)15(2)11-20(27)24(29)26(8)14-16(3)17(4)18(5)32-26/h15,17-19,21-24,28-29H,3,10-14H2,1-2,4-9H3. The van der Waals surface area contributed by atoms with E-state index in [1.54, 1.807) is 14.0 Å². The van der Waals surface area contributed by atoms with Gasteiger partial charge in [0.25, 0.3) is 0 Å². The Hall–Kier alpha value is -0.790. The summed E-state index contributed by atoms with van der Waals surface area (Å²) in [6.07, 6.45) is 0.427. The molecule has 0 aromatic carbocycles. The highest BCUT2D eigenvalue weighted by atomic mass is 16.5. The monoisotopic (exact) mass is 454 g/mol. The minimum atomic E-state index is -1.23. The highest BCUT2D eigenvalue weighted by Gasteiger charge is 2.48. The first-order chi connectivity index (χ1) is 14.8. The normalized spacial score (nSPS) is 38.2. The van der Waals surface area contributed by atoms with E-state index >= 15 is 0 Å². The molecular formula is C26H46O6. The maximum atomic E-state index is 13.1. The van der Waals surface area contributed by atoms with Crippen LogP contribution in [0.15, 0.2) is 12.2 Å². The molecule has 2 N–H and O–H groups in total. The lowest BCUT2D eigenvalue weighted by molar-refractivity contribution is -0.198. The summed E-state index contributed by atoms with van der Waals surface area (Å²) in [5.41, 5.74) is -0.370. The maximum Gasteiger partial charge on any atom is 0.164 e. The van der Waals surface area contributed by atoms with Gasteiger partial charge in [0.2, 0.25) is 0 Å². The molecule has 0 aromatic heterocycles. The molecule has 32 heavy (non-hydrogen) atoms. The summed E-state index contributed by atoms with van der Waals surface area (Å²) in [5.74, 6) is -0.196. The second-order valence-corrected chi connectivity index (χ2v) is 11.0. The van der Waals surface area contributed by atoms with Crippen molar-refractivity contribution in [1.82, 2.24) is 0 Å².